The van der Waals surface area contributed by atoms with E-state index in [2.05, 4.69) is 61.3 Å². The number of aromatic nitrogens is 4. The molecule has 0 saturated heterocycles. The summed E-state index contributed by atoms with van der Waals surface area (Å²) in [5.74, 6) is 0.0776. The van der Waals surface area contributed by atoms with Crippen molar-refractivity contribution in [1.29, 1.82) is 0 Å². The third-order valence-corrected chi connectivity index (χ3v) is 4.18. The van der Waals surface area contributed by atoms with Crippen LogP contribution in [0, 0.1) is 0 Å². The van der Waals surface area contributed by atoms with Gasteiger partial charge in [0.25, 0.3) is 0 Å². The number of unbranched alkanes of at least 4 members (excludes halogenated alkanes) is 1. The summed E-state index contributed by atoms with van der Waals surface area (Å²) in [6, 6.07) is 0.292. The normalized spacial score (nSPS) is 10.4. The molecule has 9 heteroatoms. The zero-order valence-electron chi connectivity index (χ0n) is 19.1. The zero-order chi connectivity index (χ0) is 23.6. The molecule has 0 amide bonds. The molecule has 0 saturated carbocycles. The molecular formula is C22H34BrN5O3. The fourth-order valence-electron chi connectivity index (χ4n) is 2.04. The van der Waals surface area contributed by atoms with Crippen molar-refractivity contribution in [3.63, 3.8) is 0 Å². The number of halogens is 1. The van der Waals surface area contributed by atoms with Crippen molar-refractivity contribution >= 4 is 38.9 Å². The van der Waals surface area contributed by atoms with Crippen molar-refractivity contribution in [2.75, 3.05) is 19.5 Å². The fourth-order valence-corrected chi connectivity index (χ4v) is 2.53. The molecule has 0 fully saturated rings. The quantitative estimate of drug-likeness (QED) is 0.166. The van der Waals surface area contributed by atoms with Gasteiger partial charge in [-0.1, -0.05) is 64.2 Å². The van der Waals surface area contributed by atoms with E-state index in [0.29, 0.717) is 40.9 Å². The maximum absolute atomic E-state index is 9.59. The molecule has 172 valence electrons. The first kappa shape index (κ1) is 28.3. The van der Waals surface area contributed by atoms with E-state index in [1.54, 1.807) is 6.08 Å². The molecule has 8 nitrogen and oxygen atoms in total. The number of esters is 1. The number of methoxy groups -OCH3 is 1. The second-order valence-electron chi connectivity index (χ2n) is 5.82. The molecule has 0 spiro atoms. The van der Waals surface area contributed by atoms with E-state index in [0.717, 1.165) is 19.3 Å². The van der Waals surface area contributed by atoms with Gasteiger partial charge in [0.1, 0.15) is 0 Å². The molecule has 0 radical (unpaired) electrons. The molecule has 0 bridgehead atoms. The molecule has 2 heterocycles. The monoisotopic (exact) mass is 495 g/mol. The van der Waals surface area contributed by atoms with Crippen LogP contribution in [0.25, 0.3) is 11.2 Å². The highest BCUT2D eigenvalue weighted by Gasteiger charge is 2.15. The van der Waals surface area contributed by atoms with Gasteiger partial charge in [-0.25, -0.2) is 4.98 Å². The van der Waals surface area contributed by atoms with Crippen LogP contribution in [0.3, 0.4) is 0 Å². The lowest BCUT2D eigenvalue weighted by atomic mass is 10.3. The molecule has 31 heavy (non-hydrogen) atoms. The van der Waals surface area contributed by atoms with Crippen LogP contribution < -0.4 is 10.5 Å². The number of carbonyl (C=O) groups excluding carboxylic acids is 1. The number of fused-ring (bicyclic) bond motifs is 1. The Morgan fingerprint density at radius 3 is 2.48 bits per heavy atom. The van der Waals surface area contributed by atoms with Gasteiger partial charge in [0, 0.05) is 13.5 Å². The summed E-state index contributed by atoms with van der Waals surface area (Å²) in [7, 11) is 1.35. The maximum atomic E-state index is 9.59. The number of imidazole rings is 1. The summed E-state index contributed by atoms with van der Waals surface area (Å²) >= 11 is 3.45. The Bertz CT molecular complexity index is 862. The number of nitrogen functional groups attached to an aromatic ring is 1. The predicted molar refractivity (Wildman–Crippen MR) is 130 cm³/mol. The number of hydrogen-bond donors (Lipinski definition) is 1. The summed E-state index contributed by atoms with van der Waals surface area (Å²) in [6.45, 7) is 12.3. The van der Waals surface area contributed by atoms with Crippen molar-refractivity contribution in [2.24, 2.45) is 0 Å². The molecule has 0 aliphatic rings. The second kappa shape index (κ2) is 17.0. The van der Waals surface area contributed by atoms with Gasteiger partial charge >= 0.3 is 12.0 Å². The van der Waals surface area contributed by atoms with Crippen LogP contribution in [0.5, 0.6) is 6.01 Å². The lowest BCUT2D eigenvalue weighted by Crippen LogP contribution is -2.05. The van der Waals surface area contributed by atoms with Gasteiger partial charge in [-0.05, 0) is 28.8 Å². The van der Waals surface area contributed by atoms with Gasteiger partial charge in [0.15, 0.2) is 21.7 Å². The lowest BCUT2D eigenvalue weighted by Gasteiger charge is -2.06. The van der Waals surface area contributed by atoms with Gasteiger partial charge in [0.05, 0.1) is 13.7 Å². The molecule has 2 aromatic rings. The van der Waals surface area contributed by atoms with Gasteiger partial charge in [-0.15, -0.1) is 0 Å². The number of anilines is 1. The molecule has 0 atom stereocenters. The molecule has 2 N–H and O–H groups in total. The van der Waals surface area contributed by atoms with Crippen molar-refractivity contribution in [3.8, 4) is 6.01 Å². The van der Waals surface area contributed by atoms with Crippen LogP contribution in [0.15, 0.2) is 41.7 Å². The minimum Gasteiger partial charge on any atom is -0.469 e. The first-order chi connectivity index (χ1) is 14.9. The topological polar surface area (TPSA) is 105 Å². The Hall–Kier alpha value is -2.68. The van der Waals surface area contributed by atoms with E-state index in [-0.39, 0.29) is 5.97 Å². The van der Waals surface area contributed by atoms with Gasteiger partial charge in [0.2, 0.25) is 0 Å². The average Bonchev–Trinajstić information content (AvgIpc) is 3.08. The number of nitrogens with two attached hydrogens (primary N) is 1. The third-order valence-electron chi connectivity index (χ3n) is 3.57. The van der Waals surface area contributed by atoms with Crippen LogP contribution in [0.1, 0.15) is 47.0 Å². The van der Waals surface area contributed by atoms with E-state index in [9.17, 15) is 4.79 Å². The van der Waals surface area contributed by atoms with E-state index >= 15 is 0 Å². The smallest absolute Gasteiger partial charge is 0.320 e. The molecule has 0 aliphatic heterocycles. The summed E-state index contributed by atoms with van der Waals surface area (Å²) in [4.78, 5) is 22.6. The molecule has 0 aliphatic carbocycles. The van der Waals surface area contributed by atoms with E-state index < -0.39 is 0 Å². The first-order valence-corrected chi connectivity index (χ1v) is 11.0. The number of nitrogens with zero attached hydrogens (tertiary/aromatic N) is 4. The minimum absolute atomic E-state index is 0.245. The highest BCUT2D eigenvalue weighted by atomic mass is 79.9. The Morgan fingerprint density at radius 1 is 1.23 bits per heavy atom. The standard InChI is InChI=1S/C17H22BrN5O.C3H6O2.C2H6/c1-3-5-7-8-9-10-11-23-15-13(20-16(23)18)14(19)21-17(22-15)24-12-6-4-2;1-3(4)5-2;1-2/h3,5,7,9-10H,1,4,6,8,11-12H2,2H3,(H2,19,21,22);1-2H3;1-2H3/b7-5-,10-9+;;. The Morgan fingerprint density at radius 2 is 1.90 bits per heavy atom. The second-order valence-corrected chi connectivity index (χ2v) is 6.53. The molecule has 2 aromatic heterocycles. The van der Waals surface area contributed by atoms with Gasteiger partial charge < -0.3 is 15.2 Å². The van der Waals surface area contributed by atoms with Crippen LogP contribution in [0.4, 0.5) is 5.82 Å². The van der Waals surface area contributed by atoms with Crippen molar-refractivity contribution < 1.29 is 14.3 Å². The average molecular weight is 496 g/mol. The largest absolute Gasteiger partial charge is 0.469 e. The van der Waals surface area contributed by atoms with Crippen molar-refractivity contribution in [2.45, 2.75) is 53.5 Å². The molecule has 0 aromatic carbocycles. The van der Waals surface area contributed by atoms with Crippen LogP contribution in [-0.4, -0.2) is 39.2 Å². The summed E-state index contributed by atoms with van der Waals surface area (Å²) in [5.41, 5.74) is 7.22. The number of hydrogen-bond acceptors (Lipinski definition) is 7. The highest BCUT2D eigenvalue weighted by molar-refractivity contribution is 9.10. The molecule has 2 rings (SSSR count). The Balaban J connectivity index is 0.00000113. The van der Waals surface area contributed by atoms with Crippen LogP contribution in [0.2, 0.25) is 0 Å². The third kappa shape index (κ3) is 10.8. The Labute approximate surface area is 193 Å². The van der Waals surface area contributed by atoms with Crippen molar-refractivity contribution in [1.82, 2.24) is 19.5 Å². The number of allylic oxidation sites excluding steroid dienone is 5. The summed E-state index contributed by atoms with van der Waals surface area (Å²) < 4.78 is 12.3. The van der Waals surface area contributed by atoms with Gasteiger partial charge in [-0.2, -0.15) is 9.97 Å². The molecular weight excluding hydrogens is 462 g/mol. The van der Waals surface area contributed by atoms with E-state index in [1.165, 1.54) is 14.0 Å². The number of ether oxygens (including phenoxy) is 2. The predicted octanol–water partition coefficient (Wildman–Crippen LogP) is 5.24. The summed E-state index contributed by atoms with van der Waals surface area (Å²) in [5, 5.41) is 0. The minimum atomic E-state index is -0.245. The first-order valence-electron chi connectivity index (χ1n) is 10.2. The Kier molecular flexibility index (Phi) is 15.6. The van der Waals surface area contributed by atoms with E-state index in [4.69, 9.17) is 10.5 Å². The van der Waals surface area contributed by atoms with Crippen LogP contribution >= 0.6 is 15.9 Å². The van der Waals surface area contributed by atoms with Crippen LogP contribution in [-0.2, 0) is 16.1 Å². The van der Waals surface area contributed by atoms with Gasteiger partial charge in [-0.3, -0.25) is 9.36 Å². The van der Waals surface area contributed by atoms with E-state index in [1.807, 2.05) is 30.6 Å². The SMILES string of the molecule is C=C/C=C\C/C=C/Cn1c(Br)nc2c(N)nc(OCCCC)nc21.CC.COC(C)=O. The fraction of sp³-hybridized carbons (Fsp3) is 0.455. The lowest BCUT2D eigenvalue weighted by molar-refractivity contribution is -0.137. The summed E-state index contributed by atoms with van der Waals surface area (Å²) in [6.07, 6.45) is 12.7. The zero-order valence-corrected chi connectivity index (χ0v) is 20.7. The maximum Gasteiger partial charge on any atom is 0.320 e. The molecule has 0 unspecified atom stereocenters. The number of rotatable bonds is 9. The highest BCUT2D eigenvalue weighted by Crippen LogP contribution is 2.24. The van der Waals surface area contributed by atoms with Crippen molar-refractivity contribution in [3.05, 3.63) is 41.7 Å². The number of carbonyl (C=O) groups is 1.